The summed E-state index contributed by atoms with van der Waals surface area (Å²) in [7, 11) is 1.52. The lowest BCUT2D eigenvalue weighted by molar-refractivity contribution is 0.0987. The highest BCUT2D eigenvalue weighted by atomic mass is 35.5. The van der Waals surface area contributed by atoms with Crippen molar-refractivity contribution in [2.75, 3.05) is 50.1 Å². The highest BCUT2D eigenvalue weighted by molar-refractivity contribution is 6.33. The molecule has 0 atom stereocenters. The van der Waals surface area contributed by atoms with Crippen LogP contribution in [0.2, 0.25) is 5.02 Å². The lowest BCUT2D eigenvalue weighted by Gasteiger charge is -2.34. The number of nitrogens with one attached hydrogen (secondary N) is 1. The summed E-state index contributed by atoms with van der Waals surface area (Å²) in [4.78, 5) is 30.1. The number of hydrogen-bond acceptors (Lipinski definition) is 9. The fourth-order valence-electron chi connectivity index (χ4n) is 3.96. The van der Waals surface area contributed by atoms with Crippen molar-refractivity contribution in [2.45, 2.75) is 26.9 Å². The quantitative estimate of drug-likeness (QED) is 0.393. The molecule has 0 radical (unpaired) electrons. The van der Waals surface area contributed by atoms with E-state index in [1.54, 1.807) is 30.7 Å². The first kappa shape index (κ1) is 25.7. The zero-order chi connectivity index (χ0) is 25.5. The molecule has 10 heteroatoms. The van der Waals surface area contributed by atoms with Crippen molar-refractivity contribution < 1.29 is 14.3 Å². The van der Waals surface area contributed by atoms with E-state index in [-0.39, 0.29) is 12.4 Å². The van der Waals surface area contributed by atoms with Crippen LogP contribution in [-0.4, -0.2) is 65.5 Å². The number of hydrogen-bond donors (Lipinski definition) is 1. The molecule has 1 saturated heterocycles. The SMILES string of the molecule is CCC(=O)c1cc(COc2cnc(Nc3ccc(N4CCN(CC)CC4)nc3)nc2)c(Cl)c(OC)c1. The summed E-state index contributed by atoms with van der Waals surface area (Å²) in [6, 6.07) is 7.36. The predicted octanol–water partition coefficient (Wildman–Crippen LogP) is 4.59. The molecular weight excluding hydrogens is 480 g/mol. The number of halogens is 1. The third-order valence-electron chi connectivity index (χ3n) is 6.15. The average molecular weight is 511 g/mol. The molecule has 190 valence electrons. The summed E-state index contributed by atoms with van der Waals surface area (Å²) in [5, 5.41) is 3.57. The van der Waals surface area contributed by atoms with Gasteiger partial charge >= 0.3 is 0 Å². The number of carbonyl (C=O) groups is 1. The molecule has 1 aliphatic rings. The number of anilines is 3. The van der Waals surface area contributed by atoms with Crippen LogP contribution < -0.4 is 19.7 Å². The molecule has 4 rings (SSSR count). The number of aromatic nitrogens is 3. The van der Waals surface area contributed by atoms with Gasteiger partial charge in [-0.15, -0.1) is 0 Å². The number of likely N-dealkylation sites (N-methyl/N-ethyl adjacent to an activating group) is 1. The van der Waals surface area contributed by atoms with Gasteiger partial charge in [0.2, 0.25) is 5.95 Å². The van der Waals surface area contributed by atoms with Gasteiger partial charge in [0.1, 0.15) is 18.2 Å². The molecule has 1 aliphatic heterocycles. The molecule has 3 heterocycles. The maximum absolute atomic E-state index is 12.2. The van der Waals surface area contributed by atoms with E-state index >= 15 is 0 Å². The van der Waals surface area contributed by atoms with Crippen molar-refractivity contribution in [1.29, 1.82) is 0 Å². The second kappa shape index (κ2) is 12.0. The lowest BCUT2D eigenvalue weighted by Crippen LogP contribution is -2.46. The molecular formula is C26H31ClN6O3. The average Bonchev–Trinajstić information content (AvgIpc) is 2.93. The van der Waals surface area contributed by atoms with Gasteiger partial charge in [0.15, 0.2) is 11.5 Å². The largest absolute Gasteiger partial charge is 0.495 e. The maximum atomic E-state index is 12.2. The van der Waals surface area contributed by atoms with Crippen LogP contribution in [0.4, 0.5) is 17.5 Å². The van der Waals surface area contributed by atoms with Gasteiger partial charge < -0.3 is 24.6 Å². The topological polar surface area (TPSA) is 92.7 Å². The van der Waals surface area contributed by atoms with Crippen molar-refractivity contribution in [2.24, 2.45) is 0 Å². The zero-order valence-electron chi connectivity index (χ0n) is 20.8. The Hall–Kier alpha value is -3.43. The van der Waals surface area contributed by atoms with Gasteiger partial charge in [0, 0.05) is 43.7 Å². The van der Waals surface area contributed by atoms with E-state index in [1.807, 2.05) is 19.1 Å². The van der Waals surface area contributed by atoms with E-state index in [4.69, 9.17) is 21.1 Å². The third-order valence-corrected chi connectivity index (χ3v) is 6.58. The minimum absolute atomic E-state index is 0.00608. The number of rotatable bonds is 10. The smallest absolute Gasteiger partial charge is 0.227 e. The predicted molar refractivity (Wildman–Crippen MR) is 141 cm³/mol. The summed E-state index contributed by atoms with van der Waals surface area (Å²) in [5.41, 5.74) is 1.99. The number of nitrogens with zero attached hydrogens (tertiary/aromatic N) is 5. The minimum atomic E-state index is 0.00608. The normalized spacial score (nSPS) is 13.9. The Bertz CT molecular complexity index is 1170. The summed E-state index contributed by atoms with van der Waals surface area (Å²) >= 11 is 6.42. The Morgan fingerprint density at radius 3 is 2.42 bits per heavy atom. The highest BCUT2D eigenvalue weighted by Crippen LogP contribution is 2.31. The Balaban J connectivity index is 1.35. The lowest BCUT2D eigenvalue weighted by atomic mass is 10.1. The Morgan fingerprint density at radius 1 is 1.06 bits per heavy atom. The molecule has 0 unspecified atom stereocenters. The molecule has 0 spiro atoms. The second-order valence-electron chi connectivity index (χ2n) is 8.41. The first-order chi connectivity index (χ1) is 17.5. The van der Waals surface area contributed by atoms with Crippen LogP contribution in [-0.2, 0) is 6.61 Å². The zero-order valence-corrected chi connectivity index (χ0v) is 21.6. The molecule has 0 bridgehead atoms. The molecule has 1 aromatic carbocycles. The Labute approximate surface area is 216 Å². The fraction of sp³-hybridized carbons (Fsp3) is 0.385. The molecule has 2 aromatic heterocycles. The number of benzene rings is 1. The van der Waals surface area contributed by atoms with Gasteiger partial charge in [0.25, 0.3) is 0 Å². The van der Waals surface area contributed by atoms with E-state index in [0.29, 0.717) is 40.0 Å². The standard InChI is InChI=1S/C26H31ClN6O3/c1-4-22(34)18-12-19(25(27)23(13-18)35-3)17-36-21-15-29-26(30-16-21)31-20-6-7-24(28-14-20)33-10-8-32(5-2)9-11-33/h6-7,12-16H,4-5,8-11,17H2,1-3H3,(H,29,30,31). The number of piperazine rings is 1. The first-order valence-corrected chi connectivity index (χ1v) is 12.4. The molecule has 1 fully saturated rings. The number of pyridine rings is 1. The molecule has 1 N–H and O–H groups in total. The van der Waals surface area contributed by atoms with Crippen LogP contribution >= 0.6 is 11.6 Å². The second-order valence-corrected chi connectivity index (χ2v) is 8.79. The van der Waals surface area contributed by atoms with Crippen molar-refractivity contribution in [3.63, 3.8) is 0 Å². The fourth-order valence-corrected chi connectivity index (χ4v) is 4.20. The van der Waals surface area contributed by atoms with Crippen LogP contribution in [0.5, 0.6) is 11.5 Å². The number of ether oxygens (including phenoxy) is 2. The summed E-state index contributed by atoms with van der Waals surface area (Å²) in [6.07, 6.45) is 5.34. The maximum Gasteiger partial charge on any atom is 0.227 e. The first-order valence-electron chi connectivity index (χ1n) is 12.1. The van der Waals surface area contributed by atoms with E-state index in [1.165, 1.54) is 7.11 Å². The molecule has 0 saturated carbocycles. The number of ketones is 1. The van der Waals surface area contributed by atoms with Gasteiger partial charge in [-0.3, -0.25) is 4.79 Å². The summed E-state index contributed by atoms with van der Waals surface area (Å²) < 4.78 is 11.1. The van der Waals surface area contributed by atoms with Gasteiger partial charge in [-0.25, -0.2) is 15.0 Å². The van der Waals surface area contributed by atoms with Crippen LogP contribution in [0.25, 0.3) is 0 Å². The summed E-state index contributed by atoms with van der Waals surface area (Å²) in [6.45, 7) is 9.32. The van der Waals surface area contributed by atoms with Gasteiger partial charge in [0.05, 0.1) is 36.4 Å². The van der Waals surface area contributed by atoms with Crippen LogP contribution in [0.1, 0.15) is 36.2 Å². The molecule has 0 aliphatic carbocycles. The highest BCUT2D eigenvalue weighted by Gasteiger charge is 2.17. The van der Waals surface area contributed by atoms with E-state index in [9.17, 15) is 4.79 Å². The summed E-state index contributed by atoms with van der Waals surface area (Å²) in [5.74, 6) is 2.33. The van der Waals surface area contributed by atoms with Crippen LogP contribution in [0.15, 0.2) is 42.9 Å². The van der Waals surface area contributed by atoms with Crippen molar-refractivity contribution >= 4 is 34.8 Å². The van der Waals surface area contributed by atoms with Crippen molar-refractivity contribution in [3.05, 3.63) is 59.0 Å². The van der Waals surface area contributed by atoms with Crippen LogP contribution in [0.3, 0.4) is 0 Å². The number of carbonyl (C=O) groups excluding carboxylic acids is 1. The van der Waals surface area contributed by atoms with Crippen LogP contribution in [0, 0.1) is 0 Å². The minimum Gasteiger partial charge on any atom is -0.495 e. The van der Waals surface area contributed by atoms with Gasteiger partial charge in [-0.1, -0.05) is 25.4 Å². The molecule has 9 nitrogen and oxygen atoms in total. The number of Topliss-reactive ketones (excluding diaryl/α,β-unsaturated/α-hetero) is 1. The van der Waals surface area contributed by atoms with E-state index in [2.05, 4.69) is 37.0 Å². The van der Waals surface area contributed by atoms with E-state index < -0.39 is 0 Å². The van der Waals surface area contributed by atoms with E-state index in [0.717, 1.165) is 44.2 Å². The molecule has 3 aromatic rings. The number of methoxy groups -OCH3 is 1. The monoisotopic (exact) mass is 510 g/mol. The van der Waals surface area contributed by atoms with Gasteiger partial charge in [-0.05, 0) is 30.8 Å². The Morgan fingerprint density at radius 2 is 1.81 bits per heavy atom. The van der Waals surface area contributed by atoms with Crippen molar-refractivity contribution in [3.8, 4) is 11.5 Å². The van der Waals surface area contributed by atoms with Crippen molar-refractivity contribution in [1.82, 2.24) is 19.9 Å². The third kappa shape index (κ3) is 6.22. The van der Waals surface area contributed by atoms with Gasteiger partial charge in [-0.2, -0.15) is 0 Å². The molecule has 36 heavy (non-hydrogen) atoms. The molecule has 0 amide bonds. The Kier molecular flexibility index (Phi) is 8.56.